The molecule has 2 aliphatic rings. The first-order chi connectivity index (χ1) is 10.3. The van der Waals surface area contributed by atoms with E-state index in [2.05, 4.69) is 22.7 Å². The Morgan fingerprint density at radius 1 is 1.33 bits per heavy atom. The van der Waals surface area contributed by atoms with Gasteiger partial charge in [-0.3, -0.25) is 4.79 Å². The second-order valence-electron chi connectivity index (χ2n) is 5.62. The number of carbonyl (C=O) groups excluding carboxylic acids is 1. The number of hydrogen-bond donors (Lipinski definition) is 1. The molecule has 4 heteroatoms. The van der Waals surface area contributed by atoms with Crippen molar-refractivity contribution in [2.24, 2.45) is 22.9 Å². The Kier molecular flexibility index (Phi) is 4.04. The second-order valence-corrected chi connectivity index (χ2v) is 5.62. The van der Waals surface area contributed by atoms with Crippen LogP contribution in [0.25, 0.3) is 0 Å². The number of fused-ring (bicyclic) bond motifs is 2. The first-order valence-corrected chi connectivity index (χ1v) is 7.51. The van der Waals surface area contributed by atoms with Gasteiger partial charge in [-0.25, -0.2) is 5.43 Å². The molecule has 0 heterocycles. The number of ether oxygens (including phenoxy) is 1. The largest absolute Gasteiger partial charge is 0.494 e. The van der Waals surface area contributed by atoms with Gasteiger partial charge in [0.1, 0.15) is 5.75 Å². The van der Waals surface area contributed by atoms with Gasteiger partial charge in [0.05, 0.1) is 6.61 Å². The zero-order valence-electron chi connectivity index (χ0n) is 12.2. The number of nitrogens with one attached hydrogen (secondary N) is 1. The second kappa shape index (κ2) is 6.12. The summed E-state index contributed by atoms with van der Waals surface area (Å²) >= 11 is 0. The van der Waals surface area contributed by atoms with Crippen LogP contribution in [0.4, 0.5) is 0 Å². The fourth-order valence-electron chi connectivity index (χ4n) is 3.12. The molecule has 0 aromatic heterocycles. The van der Waals surface area contributed by atoms with Gasteiger partial charge in [0, 0.05) is 17.7 Å². The lowest BCUT2D eigenvalue weighted by Crippen LogP contribution is -2.19. The van der Waals surface area contributed by atoms with E-state index in [-0.39, 0.29) is 5.91 Å². The number of amides is 1. The number of benzene rings is 1. The highest BCUT2D eigenvalue weighted by Crippen LogP contribution is 2.42. The molecule has 1 amide bonds. The van der Waals surface area contributed by atoms with Crippen LogP contribution in [0.1, 0.15) is 30.1 Å². The Labute approximate surface area is 124 Å². The van der Waals surface area contributed by atoms with Crippen molar-refractivity contribution in [2.45, 2.75) is 19.8 Å². The maximum Gasteiger partial charge on any atom is 0.271 e. The minimum absolute atomic E-state index is 0.187. The molecule has 0 saturated heterocycles. The first kappa shape index (κ1) is 13.9. The van der Waals surface area contributed by atoms with E-state index in [0.717, 1.165) is 12.2 Å². The van der Waals surface area contributed by atoms with Crippen LogP contribution in [0.3, 0.4) is 0 Å². The van der Waals surface area contributed by atoms with Crippen molar-refractivity contribution in [3.05, 3.63) is 42.0 Å². The highest BCUT2D eigenvalue weighted by atomic mass is 16.5. The predicted octanol–water partition coefficient (Wildman–Crippen LogP) is 3.01. The number of rotatable bonds is 5. The minimum atomic E-state index is -0.187. The molecule has 3 atom stereocenters. The summed E-state index contributed by atoms with van der Waals surface area (Å²) in [6, 6.07) is 7.08. The summed E-state index contributed by atoms with van der Waals surface area (Å²) in [6.45, 7) is 2.55. The molecule has 3 unspecified atom stereocenters. The van der Waals surface area contributed by atoms with Crippen LogP contribution in [0.15, 0.2) is 41.5 Å². The third-order valence-electron chi connectivity index (χ3n) is 4.19. The molecule has 110 valence electrons. The normalized spacial score (nSPS) is 26.4. The van der Waals surface area contributed by atoms with Gasteiger partial charge in [0.25, 0.3) is 5.91 Å². The van der Waals surface area contributed by atoms with Crippen LogP contribution in [0, 0.1) is 17.8 Å². The number of nitrogens with zero attached hydrogens (tertiary/aromatic N) is 1. The number of allylic oxidation sites excluding steroid dienone is 2. The van der Waals surface area contributed by atoms with Crippen molar-refractivity contribution in [3.8, 4) is 5.75 Å². The molecule has 2 aliphatic carbocycles. The summed E-state index contributed by atoms with van der Waals surface area (Å²) in [5.41, 5.74) is 3.19. The number of hydrogen-bond acceptors (Lipinski definition) is 3. The van der Waals surface area contributed by atoms with E-state index < -0.39 is 0 Å². The third-order valence-corrected chi connectivity index (χ3v) is 4.19. The highest BCUT2D eigenvalue weighted by Gasteiger charge is 2.34. The summed E-state index contributed by atoms with van der Waals surface area (Å²) in [6.07, 6.45) is 8.86. The molecule has 4 nitrogen and oxygen atoms in total. The van der Waals surface area contributed by atoms with Crippen molar-refractivity contribution in [1.82, 2.24) is 5.43 Å². The molecule has 0 spiro atoms. The van der Waals surface area contributed by atoms with E-state index in [0.29, 0.717) is 29.9 Å². The van der Waals surface area contributed by atoms with Crippen LogP contribution < -0.4 is 10.2 Å². The van der Waals surface area contributed by atoms with E-state index in [1.165, 1.54) is 6.42 Å². The zero-order chi connectivity index (χ0) is 14.7. The van der Waals surface area contributed by atoms with E-state index in [1.807, 2.05) is 13.1 Å². The molecule has 21 heavy (non-hydrogen) atoms. The SMILES string of the molecule is CCOc1ccc(C(=O)N/N=C/C2CC3C=CC2C3)cc1. The smallest absolute Gasteiger partial charge is 0.271 e. The van der Waals surface area contributed by atoms with Crippen molar-refractivity contribution >= 4 is 12.1 Å². The van der Waals surface area contributed by atoms with Gasteiger partial charge >= 0.3 is 0 Å². The standard InChI is InChI=1S/C17H20N2O2/c1-2-21-16-7-5-13(6-8-16)17(20)19-18-11-15-10-12-3-4-14(15)9-12/h3-8,11-12,14-15H,2,9-10H2,1H3,(H,19,20)/b18-11+. The van der Waals surface area contributed by atoms with Gasteiger partial charge < -0.3 is 4.74 Å². The topological polar surface area (TPSA) is 50.7 Å². The van der Waals surface area contributed by atoms with Crippen LogP contribution >= 0.6 is 0 Å². The fourth-order valence-corrected chi connectivity index (χ4v) is 3.12. The Balaban J connectivity index is 1.53. The van der Waals surface area contributed by atoms with Crippen molar-refractivity contribution in [3.63, 3.8) is 0 Å². The molecule has 1 N–H and O–H groups in total. The van der Waals surface area contributed by atoms with E-state index in [4.69, 9.17) is 4.74 Å². The molecular formula is C17H20N2O2. The molecule has 1 aromatic rings. The van der Waals surface area contributed by atoms with Crippen LogP contribution in [-0.4, -0.2) is 18.7 Å². The lowest BCUT2D eigenvalue weighted by molar-refractivity contribution is 0.0955. The Bertz CT molecular complexity index is 563. The van der Waals surface area contributed by atoms with E-state index in [9.17, 15) is 4.79 Å². The minimum Gasteiger partial charge on any atom is -0.494 e. The highest BCUT2D eigenvalue weighted by molar-refractivity contribution is 5.94. The van der Waals surface area contributed by atoms with Gasteiger partial charge in [-0.15, -0.1) is 0 Å². The van der Waals surface area contributed by atoms with Crippen molar-refractivity contribution in [1.29, 1.82) is 0 Å². The first-order valence-electron chi connectivity index (χ1n) is 7.51. The van der Waals surface area contributed by atoms with Crippen molar-refractivity contribution < 1.29 is 9.53 Å². The maximum atomic E-state index is 12.0. The summed E-state index contributed by atoms with van der Waals surface area (Å²) in [5.74, 6) is 2.38. The number of carbonyl (C=O) groups is 1. The van der Waals surface area contributed by atoms with E-state index >= 15 is 0 Å². The molecule has 1 saturated carbocycles. The average Bonchev–Trinajstić information content (AvgIpc) is 3.11. The monoisotopic (exact) mass is 284 g/mol. The Morgan fingerprint density at radius 2 is 2.14 bits per heavy atom. The van der Waals surface area contributed by atoms with Crippen LogP contribution in [0.5, 0.6) is 5.75 Å². The quantitative estimate of drug-likeness (QED) is 0.513. The van der Waals surface area contributed by atoms with Gasteiger partial charge in [0.2, 0.25) is 0 Å². The molecule has 0 aliphatic heterocycles. The third kappa shape index (κ3) is 3.15. The van der Waals surface area contributed by atoms with Crippen molar-refractivity contribution in [2.75, 3.05) is 6.61 Å². The Morgan fingerprint density at radius 3 is 2.76 bits per heavy atom. The zero-order valence-corrected chi connectivity index (χ0v) is 12.2. The lowest BCUT2D eigenvalue weighted by atomic mass is 9.95. The molecule has 2 bridgehead atoms. The molecule has 1 aromatic carbocycles. The number of hydrazone groups is 1. The summed E-state index contributed by atoms with van der Waals surface area (Å²) in [5, 5.41) is 4.12. The van der Waals surface area contributed by atoms with Gasteiger partial charge in [-0.2, -0.15) is 5.10 Å². The summed E-state index contributed by atoms with van der Waals surface area (Å²) < 4.78 is 5.35. The van der Waals surface area contributed by atoms with E-state index in [1.54, 1.807) is 24.3 Å². The molecule has 1 fully saturated rings. The molecule has 3 rings (SSSR count). The predicted molar refractivity (Wildman–Crippen MR) is 82.4 cm³/mol. The lowest BCUT2D eigenvalue weighted by Gasteiger charge is -2.11. The fraction of sp³-hybridized carbons (Fsp3) is 0.412. The summed E-state index contributed by atoms with van der Waals surface area (Å²) in [4.78, 5) is 12.0. The van der Waals surface area contributed by atoms with Gasteiger partial charge in [-0.1, -0.05) is 12.2 Å². The molecule has 0 radical (unpaired) electrons. The summed E-state index contributed by atoms with van der Waals surface area (Å²) in [7, 11) is 0. The van der Waals surface area contributed by atoms with Crippen LogP contribution in [0.2, 0.25) is 0 Å². The van der Waals surface area contributed by atoms with Crippen LogP contribution in [-0.2, 0) is 0 Å². The Hall–Kier alpha value is -2.10. The maximum absolute atomic E-state index is 12.0. The van der Waals surface area contributed by atoms with Gasteiger partial charge in [-0.05, 0) is 55.9 Å². The molecular weight excluding hydrogens is 264 g/mol. The average molecular weight is 284 g/mol. The van der Waals surface area contributed by atoms with Gasteiger partial charge in [0.15, 0.2) is 0 Å².